The number of rotatable bonds is 3. The van der Waals surface area contributed by atoms with Crippen molar-refractivity contribution in [2.75, 3.05) is 20.3 Å². The van der Waals surface area contributed by atoms with Crippen molar-refractivity contribution in [2.24, 2.45) is 11.7 Å². The van der Waals surface area contributed by atoms with E-state index in [0.717, 1.165) is 9.88 Å². The molecule has 0 saturated carbocycles. The summed E-state index contributed by atoms with van der Waals surface area (Å²) < 4.78 is 5.21. The molecule has 0 spiro atoms. The van der Waals surface area contributed by atoms with Gasteiger partial charge in [0.2, 0.25) is 5.91 Å². The van der Waals surface area contributed by atoms with Crippen molar-refractivity contribution in [1.82, 2.24) is 9.88 Å². The van der Waals surface area contributed by atoms with Gasteiger partial charge in [-0.2, -0.15) is 0 Å². The van der Waals surface area contributed by atoms with Crippen LogP contribution in [0.15, 0.2) is 6.20 Å². The topological polar surface area (TPSA) is 68.5 Å². The highest BCUT2D eigenvalue weighted by Gasteiger charge is 2.33. The lowest BCUT2D eigenvalue weighted by Gasteiger charge is -2.21. The molecule has 1 fully saturated rings. The number of ether oxygens (including phenoxy) is 1. The molecule has 0 bridgehead atoms. The number of aromatic nitrogens is 1. The lowest BCUT2D eigenvalue weighted by Crippen LogP contribution is -2.41. The molecule has 2 heterocycles. The second kappa shape index (κ2) is 5.12. The van der Waals surface area contributed by atoms with Gasteiger partial charge in [-0.1, -0.05) is 0 Å². The predicted molar refractivity (Wildman–Crippen MR) is 65.6 cm³/mol. The number of nitrogens with zero attached hydrogens (tertiary/aromatic N) is 2. The van der Waals surface area contributed by atoms with Crippen molar-refractivity contribution in [3.63, 3.8) is 0 Å². The third-order valence-corrected chi connectivity index (χ3v) is 3.78. The van der Waals surface area contributed by atoms with Crippen LogP contribution in [0.4, 0.5) is 0 Å². The Labute approximate surface area is 105 Å². The van der Waals surface area contributed by atoms with Crippen molar-refractivity contribution < 1.29 is 9.53 Å². The third-order valence-electron chi connectivity index (χ3n) is 2.88. The Morgan fingerprint density at radius 1 is 1.71 bits per heavy atom. The van der Waals surface area contributed by atoms with Gasteiger partial charge in [-0.3, -0.25) is 4.79 Å². The average molecular weight is 255 g/mol. The lowest BCUT2D eigenvalue weighted by atomic mass is 10.0. The largest absolute Gasteiger partial charge is 0.379 e. The van der Waals surface area contributed by atoms with Crippen LogP contribution >= 0.6 is 11.3 Å². The molecule has 1 saturated heterocycles. The quantitative estimate of drug-likeness (QED) is 0.848. The minimum absolute atomic E-state index is 0.0565. The number of hydrogen-bond acceptors (Lipinski definition) is 5. The Morgan fingerprint density at radius 2 is 2.47 bits per heavy atom. The van der Waals surface area contributed by atoms with Crippen LogP contribution in [-0.2, 0) is 16.1 Å². The number of carbonyl (C=O) groups excluding carboxylic acids is 1. The molecule has 94 valence electrons. The molecule has 2 unspecified atom stereocenters. The molecule has 0 aliphatic carbocycles. The van der Waals surface area contributed by atoms with Gasteiger partial charge in [0.25, 0.3) is 0 Å². The number of amides is 1. The van der Waals surface area contributed by atoms with Crippen LogP contribution in [0.3, 0.4) is 0 Å². The van der Waals surface area contributed by atoms with Crippen molar-refractivity contribution >= 4 is 17.2 Å². The van der Waals surface area contributed by atoms with E-state index in [-0.39, 0.29) is 17.9 Å². The summed E-state index contributed by atoms with van der Waals surface area (Å²) in [5, 5.41) is 1.02. The number of nitrogens with two attached hydrogens (primary N) is 1. The molecule has 0 aromatic carbocycles. The van der Waals surface area contributed by atoms with Gasteiger partial charge < -0.3 is 15.4 Å². The lowest BCUT2D eigenvalue weighted by molar-refractivity contribution is -0.134. The zero-order chi connectivity index (χ0) is 12.4. The maximum absolute atomic E-state index is 12.1. The standard InChI is InChI=1S/C11H17N3O2S/c1-7-13-3-8(17-7)4-14(2)11(15)9-5-16-6-10(9)12/h3,9-10H,4-6,12H2,1-2H3. The monoisotopic (exact) mass is 255 g/mol. The van der Waals surface area contributed by atoms with E-state index < -0.39 is 0 Å². The molecule has 1 aromatic heterocycles. The van der Waals surface area contributed by atoms with Crippen LogP contribution in [-0.4, -0.2) is 42.1 Å². The molecule has 1 aliphatic rings. The molecule has 2 atom stereocenters. The van der Waals surface area contributed by atoms with E-state index in [0.29, 0.717) is 19.8 Å². The molecule has 2 rings (SSSR count). The number of aryl methyl sites for hydroxylation is 1. The molecule has 1 aliphatic heterocycles. The second-order valence-electron chi connectivity index (χ2n) is 4.35. The van der Waals surface area contributed by atoms with Crippen LogP contribution in [0, 0.1) is 12.8 Å². The second-order valence-corrected chi connectivity index (χ2v) is 5.67. The third kappa shape index (κ3) is 2.83. The Bertz CT molecular complexity index is 407. The summed E-state index contributed by atoms with van der Waals surface area (Å²) in [5.41, 5.74) is 5.83. The minimum atomic E-state index is -0.200. The first-order valence-electron chi connectivity index (χ1n) is 5.57. The summed E-state index contributed by atoms with van der Waals surface area (Å²) in [6, 6.07) is -0.173. The first kappa shape index (κ1) is 12.5. The zero-order valence-corrected chi connectivity index (χ0v) is 10.9. The molecular weight excluding hydrogens is 238 g/mol. The molecular formula is C11H17N3O2S. The van der Waals surface area contributed by atoms with Gasteiger partial charge in [0.15, 0.2) is 0 Å². The van der Waals surface area contributed by atoms with E-state index in [9.17, 15) is 4.79 Å². The maximum Gasteiger partial charge on any atom is 0.229 e. The minimum Gasteiger partial charge on any atom is -0.379 e. The SMILES string of the molecule is Cc1ncc(CN(C)C(=O)C2COCC2N)s1. The van der Waals surface area contributed by atoms with Crippen LogP contribution in [0.25, 0.3) is 0 Å². The summed E-state index contributed by atoms with van der Waals surface area (Å²) >= 11 is 1.61. The molecule has 6 heteroatoms. The number of thiazole rings is 1. The molecule has 5 nitrogen and oxygen atoms in total. The van der Waals surface area contributed by atoms with Gasteiger partial charge in [-0.25, -0.2) is 4.98 Å². The van der Waals surface area contributed by atoms with Crippen LogP contribution in [0.1, 0.15) is 9.88 Å². The maximum atomic E-state index is 12.1. The van der Waals surface area contributed by atoms with Crippen LogP contribution in [0.5, 0.6) is 0 Å². The first-order chi connectivity index (χ1) is 8.08. The molecule has 1 aromatic rings. The summed E-state index contributed by atoms with van der Waals surface area (Å²) in [4.78, 5) is 19.1. The van der Waals surface area contributed by atoms with Gasteiger partial charge in [0.05, 0.1) is 30.7 Å². The molecule has 0 radical (unpaired) electrons. The fourth-order valence-electron chi connectivity index (χ4n) is 1.90. The smallest absolute Gasteiger partial charge is 0.229 e. The van der Waals surface area contributed by atoms with Gasteiger partial charge in [0.1, 0.15) is 0 Å². The van der Waals surface area contributed by atoms with Gasteiger partial charge in [-0.05, 0) is 6.92 Å². The van der Waals surface area contributed by atoms with E-state index in [2.05, 4.69) is 4.98 Å². The molecule has 2 N–H and O–H groups in total. The van der Waals surface area contributed by atoms with Crippen molar-refractivity contribution in [3.05, 3.63) is 16.1 Å². The van der Waals surface area contributed by atoms with Gasteiger partial charge >= 0.3 is 0 Å². The van der Waals surface area contributed by atoms with Crippen LogP contribution in [0.2, 0.25) is 0 Å². The first-order valence-corrected chi connectivity index (χ1v) is 6.39. The highest BCUT2D eigenvalue weighted by molar-refractivity contribution is 7.11. The van der Waals surface area contributed by atoms with Gasteiger partial charge in [0, 0.05) is 24.2 Å². The van der Waals surface area contributed by atoms with Crippen molar-refractivity contribution in [1.29, 1.82) is 0 Å². The Kier molecular flexibility index (Phi) is 3.76. The summed E-state index contributed by atoms with van der Waals surface area (Å²) in [7, 11) is 1.79. The van der Waals surface area contributed by atoms with E-state index in [1.807, 2.05) is 13.1 Å². The van der Waals surface area contributed by atoms with Gasteiger partial charge in [-0.15, -0.1) is 11.3 Å². The van der Waals surface area contributed by atoms with E-state index in [1.54, 1.807) is 23.3 Å². The van der Waals surface area contributed by atoms with Crippen molar-refractivity contribution in [2.45, 2.75) is 19.5 Å². The summed E-state index contributed by atoms with van der Waals surface area (Å²) in [5.74, 6) is -0.143. The van der Waals surface area contributed by atoms with E-state index in [1.165, 1.54) is 0 Å². The van der Waals surface area contributed by atoms with Crippen molar-refractivity contribution in [3.8, 4) is 0 Å². The molecule has 1 amide bonds. The Balaban J connectivity index is 1.95. The highest BCUT2D eigenvalue weighted by atomic mass is 32.1. The predicted octanol–water partition coefficient (Wildman–Crippen LogP) is 0.384. The van der Waals surface area contributed by atoms with Crippen LogP contribution < -0.4 is 5.73 Å². The normalized spacial score (nSPS) is 23.9. The zero-order valence-electron chi connectivity index (χ0n) is 10.0. The summed E-state index contributed by atoms with van der Waals surface area (Å²) in [6.07, 6.45) is 1.81. The number of carbonyl (C=O) groups is 1. The average Bonchev–Trinajstić information content (AvgIpc) is 2.86. The number of hydrogen-bond donors (Lipinski definition) is 1. The fourth-order valence-corrected chi connectivity index (χ4v) is 2.75. The van der Waals surface area contributed by atoms with E-state index in [4.69, 9.17) is 10.5 Å². The fraction of sp³-hybridized carbons (Fsp3) is 0.636. The Hall–Kier alpha value is -0.980. The van der Waals surface area contributed by atoms with E-state index >= 15 is 0 Å². The Morgan fingerprint density at radius 3 is 3.00 bits per heavy atom. The summed E-state index contributed by atoms with van der Waals surface area (Å²) in [6.45, 7) is 3.46. The molecule has 17 heavy (non-hydrogen) atoms. The highest BCUT2D eigenvalue weighted by Crippen LogP contribution is 2.18.